The van der Waals surface area contributed by atoms with E-state index in [0.717, 1.165) is 25.2 Å². The van der Waals surface area contributed by atoms with E-state index in [-0.39, 0.29) is 11.5 Å². The maximum absolute atomic E-state index is 12.8. The quantitative estimate of drug-likeness (QED) is 0.393. The number of hydrogen-bond acceptors (Lipinski definition) is 4. The number of hydrogen-bond donors (Lipinski definition) is 2. The lowest BCUT2D eigenvalue weighted by Crippen LogP contribution is -2.26. The van der Waals surface area contributed by atoms with Crippen LogP contribution in [0.5, 0.6) is 0 Å². The molecule has 6 nitrogen and oxygen atoms in total. The van der Waals surface area contributed by atoms with Crippen molar-refractivity contribution in [1.82, 2.24) is 19.8 Å². The molecule has 1 aromatic heterocycles. The normalized spacial score (nSPS) is 11.1. The van der Waals surface area contributed by atoms with E-state index >= 15 is 0 Å². The van der Waals surface area contributed by atoms with E-state index in [1.54, 1.807) is 24.3 Å². The van der Waals surface area contributed by atoms with Crippen molar-refractivity contribution in [3.63, 3.8) is 0 Å². The van der Waals surface area contributed by atoms with Gasteiger partial charge in [-0.3, -0.25) is 19.1 Å². The summed E-state index contributed by atoms with van der Waals surface area (Å²) < 4.78 is 1.75. The van der Waals surface area contributed by atoms with Gasteiger partial charge in [0.2, 0.25) is 0 Å². The molecule has 0 atom stereocenters. The average Bonchev–Trinajstić information content (AvgIpc) is 2.78. The number of amides is 1. The number of carbonyl (C=O) groups excluding carboxylic acids is 1. The number of allylic oxidation sites excluding steroid dienone is 1. The van der Waals surface area contributed by atoms with Crippen LogP contribution >= 0.6 is 12.2 Å². The monoisotopic (exact) mass is 436 g/mol. The third kappa shape index (κ3) is 5.18. The van der Waals surface area contributed by atoms with E-state index in [9.17, 15) is 9.59 Å². The van der Waals surface area contributed by atoms with Crippen molar-refractivity contribution < 1.29 is 4.79 Å². The predicted octanol–water partition coefficient (Wildman–Crippen LogP) is 4.02. The first kappa shape index (κ1) is 22.7. The average molecular weight is 437 g/mol. The minimum Gasteiger partial charge on any atom is -0.348 e. The number of rotatable bonds is 9. The molecule has 0 bridgehead atoms. The summed E-state index contributed by atoms with van der Waals surface area (Å²) in [6.07, 6.45) is 1.62. The lowest BCUT2D eigenvalue weighted by atomic mass is 10.1. The van der Waals surface area contributed by atoms with E-state index < -0.39 is 0 Å². The van der Waals surface area contributed by atoms with Crippen molar-refractivity contribution in [2.24, 2.45) is 0 Å². The SMILES string of the molecule is C=CCn1c(=S)[nH]c2cc(C(=O)NCc3ccccc3CN(CC)CC)ccc2c1=O. The molecule has 2 aromatic carbocycles. The maximum Gasteiger partial charge on any atom is 0.262 e. The van der Waals surface area contributed by atoms with E-state index in [0.29, 0.717) is 34.3 Å². The van der Waals surface area contributed by atoms with Gasteiger partial charge >= 0.3 is 0 Å². The van der Waals surface area contributed by atoms with Crippen LogP contribution in [0.4, 0.5) is 0 Å². The van der Waals surface area contributed by atoms with Crippen LogP contribution < -0.4 is 10.9 Å². The van der Waals surface area contributed by atoms with Gasteiger partial charge in [-0.05, 0) is 54.6 Å². The molecule has 3 aromatic rings. The number of aromatic amines is 1. The first-order valence-corrected chi connectivity index (χ1v) is 10.8. The first-order valence-electron chi connectivity index (χ1n) is 10.4. The van der Waals surface area contributed by atoms with Gasteiger partial charge in [-0.15, -0.1) is 6.58 Å². The molecule has 0 aliphatic carbocycles. The van der Waals surface area contributed by atoms with Crippen LogP contribution in [-0.2, 0) is 19.6 Å². The number of benzene rings is 2. The van der Waals surface area contributed by atoms with Gasteiger partial charge in [0.25, 0.3) is 11.5 Å². The van der Waals surface area contributed by atoms with Crippen LogP contribution in [-0.4, -0.2) is 33.4 Å². The Morgan fingerprint density at radius 1 is 1.19 bits per heavy atom. The van der Waals surface area contributed by atoms with E-state index in [1.165, 1.54) is 10.1 Å². The van der Waals surface area contributed by atoms with Gasteiger partial charge in [0.05, 0.1) is 10.9 Å². The molecule has 2 N–H and O–H groups in total. The molecule has 0 saturated heterocycles. The second-order valence-electron chi connectivity index (χ2n) is 7.31. The Kier molecular flexibility index (Phi) is 7.55. The highest BCUT2D eigenvalue weighted by molar-refractivity contribution is 7.71. The number of aromatic nitrogens is 2. The molecule has 0 unspecified atom stereocenters. The van der Waals surface area contributed by atoms with Crippen molar-refractivity contribution in [2.75, 3.05) is 13.1 Å². The summed E-state index contributed by atoms with van der Waals surface area (Å²) in [6, 6.07) is 13.1. The summed E-state index contributed by atoms with van der Waals surface area (Å²) in [5.41, 5.74) is 3.12. The molecule has 7 heteroatoms. The fraction of sp³-hybridized carbons (Fsp3) is 0.292. The van der Waals surface area contributed by atoms with Gasteiger partial charge in [0.15, 0.2) is 4.77 Å². The summed E-state index contributed by atoms with van der Waals surface area (Å²) in [6.45, 7) is 11.5. The zero-order chi connectivity index (χ0) is 22.4. The smallest absolute Gasteiger partial charge is 0.262 e. The van der Waals surface area contributed by atoms with E-state index in [4.69, 9.17) is 12.2 Å². The largest absolute Gasteiger partial charge is 0.348 e. The van der Waals surface area contributed by atoms with Gasteiger partial charge in [-0.1, -0.05) is 44.2 Å². The lowest BCUT2D eigenvalue weighted by Gasteiger charge is -2.20. The molecule has 0 spiro atoms. The van der Waals surface area contributed by atoms with Gasteiger partial charge in [-0.2, -0.15) is 0 Å². The van der Waals surface area contributed by atoms with Crippen molar-refractivity contribution in [2.45, 2.75) is 33.5 Å². The van der Waals surface area contributed by atoms with Crippen molar-refractivity contribution >= 4 is 29.0 Å². The molecule has 0 aliphatic rings. The summed E-state index contributed by atoms with van der Waals surface area (Å²) in [5.74, 6) is -0.200. The van der Waals surface area contributed by atoms with Gasteiger partial charge in [-0.25, -0.2) is 0 Å². The molecule has 3 rings (SSSR count). The third-order valence-electron chi connectivity index (χ3n) is 5.40. The van der Waals surface area contributed by atoms with Gasteiger partial charge in [0.1, 0.15) is 0 Å². The molecular weight excluding hydrogens is 408 g/mol. The van der Waals surface area contributed by atoms with Gasteiger partial charge < -0.3 is 10.3 Å². The Morgan fingerprint density at radius 2 is 1.90 bits per heavy atom. The zero-order valence-electron chi connectivity index (χ0n) is 18.0. The Hall–Kier alpha value is -3.03. The topological polar surface area (TPSA) is 70.1 Å². The number of nitrogens with one attached hydrogen (secondary N) is 2. The minimum absolute atomic E-state index is 0.198. The Balaban J connectivity index is 1.80. The second-order valence-corrected chi connectivity index (χ2v) is 7.69. The maximum atomic E-state index is 12.8. The predicted molar refractivity (Wildman–Crippen MR) is 128 cm³/mol. The molecular formula is C24H28N4O2S. The van der Waals surface area contributed by atoms with Crippen LogP contribution in [0.1, 0.15) is 35.3 Å². The molecule has 1 amide bonds. The highest BCUT2D eigenvalue weighted by Gasteiger charge is 2.12. The minimum atomic E-state index is -0.200. The molecule has 31 heavy (non-hydrogen) atoms. The van der Waals surface area contributed by atoms with Gasteiger partial charge in [0, 0.05) is 25.2 Å². The summed E-state index contributed by atoms with van der Waals surface area (Å²) >= 11 is 5.28. The van der Waals surface area contributed by atoms with Crippen LogP contribution in [0.2, 0.25) is 0 Å². The third-order valence-corrected chi connectivity index (χ3v) is 5.72. The van der Waals surface area contributed by atoms with Crippen LogP contribution in [0.15, 0.2) is 59.9 Å². The Bertz CT molecular complexity index is 1210. The number of fused-ring (bicyclic) bond motifs is 1. The molecule has 1 heterocycles. The number of carbonyl (C=O) groups is 1. The second kappa shape index (κ2) is 10.3. The first-order chi connectivity index (χ1) is 15.0. The van der Waals surface area contributed by atoms with Crippen LogP contribution in [0, 0.1) is 4.77 Å². The number of H-pyrrole nitrogens is 1. The van der Waals surface area contributed by atoms with Crippen molar-refractivity contribution in [3.05, 3.63) is 86.9 Å². The standard InChI is InChI=1S/C24H28N4O2S/c1-4-13-28-23(30)20-12-11-17(14-21(20)26-24(28)31)22(29)25-15-18-9-7-8-10-19(18)16-27(5-2)6-3/h4,7-12,14H,1,5-6,13,15-16H2,2-3H3,(H,25,29)(H,26,31). The fourth-order valence-electron chi connectivity index (χ4n) is 3.54. The summed E-state index contributed by atoms with van der Waals surface area (Å²) in [7, 11) is 0. The summed E-state index contributed by atoms with van der Waals surface area (Å²) in [5, 5.41) is 3.48. The van der Waals surface area contributed by atoms with Crippen molar-refractivity contribution in [3.8, 4) is 0 Å². The molecule has 0 aliphatic heterocycles. The Morgan fingerprint density at radius 3 is 2.58 bits per heavy atom. The Labute approximate surface area is 187 Å². The van der Waals surface area contributed by atoms with Crippen LogP contribution in [0.3, 0.4) is 0 Å². The molecule has 0 radical (unpaired) electrons. The number of nitrogens with zero attached hydrogens (tertiary/aromatic N) is 2. The van der Waals surface area contributed by atoms with Crippen molar-refractivity contribution in [1.29, 1.82) is 0 Å². The highest BCUT2D eigenvalue weighted by atomic mass is 32.1. The zero-order valence-corrected chi connectivity index (χ0v) is 18.8. The van der Waals surface area contributed by atoms with E-state index in [2.05, 4.69) is 41.7 Å². The summed E-state index contributed by atoms with van der Waals surface area (Å²) in [4.78, 5) is 30.8. The molecule has 0 saturated carbocycles. The van der Waals surface area contributed by atoms with E-state index in [1.807, 2.05) is 18.2 Å². The van der Waals surface area contributed by atoms with Crippen LogP contribution in [0.25, 0.3) is 10.9 Å². The lowest BCUT2D eigenvalue weighted by molar-refractivity contribution is 0.0951. The fourth-order valence-corrected chi connectivity index (χ4v) is 3.81. The molecule has 162 valence electrons. The molecule has 0 fully saturated rings. The highest BCUT2D eigenvalue weighted by Crippen LogP contribution is 2.14.